The Labute approximate surface area is 122 Å². The molecular weight excluding hydrogens is 272 g/mol. The number of nitrogens with zero attached hydrogens (tertiary/aromatic N) is 4. The number of hydrogen-bond donors (Lipinski definition) is 1. The second-order valence-corrected chi connectivity index (χ2v) is 4.79. The van der Waals surface area contributed by atoms with E-state index in [-0.39, 0.29) is 12.3 Å². The van der Waals surface area contributed by atoms with Gasteiger partial charge in [-0.3, -0.25) is 4.79 Å². The van der Waals surface area contributed by atoms with Crippen LogP contribution in [0.3, 0.4) is 0 Å². The second kappa shape index (κ2) is 6.83. The lowest BCUT2D eigenvalue weighted by molar-refractivity contribution is -0.138. The molecule has 1 heterocycles. The molecule has 0 spiro atoms. The van der Waals surface area contributed by atoms with Gasteiger partial charge in [-0.05, 0) is 40.6 Å². The molecule has 0 amide bonds. The Morgan fingerprint density at radius 3 is 2.67 bits per heavy atom. The van der Waals surface area contributed by atoms with Crippen LogP contribution in [0.2, 0.25) is 0 Å². The van der Waals surface area contributed by atoms with Crippen LogP contribution in [0.1, 0.15) is 19.8 Å². The quantitative estimate of drug-likeness (QED) is 0.837. The fourth-order valence-electron chi connectivity index (χ4n) is 2.10. The smallest absolute Gasteiger partial charge is 0.303 e. The molecule has 7 nitrogen and oxygen atoms in total. The molecule has 0 saturated heterocycles. The Bertz CT molecular complexity index is 595. The van der Waals surface area contributed by atoms with Crippen LogP contribution in [0.25, 0.3) is 11.4 Å². The van der Waals surface area contributed by atoms with Gasteiger partial charge < -0.3 is 9.84 Å². The molecule has 112 valence electrons. The summed E-state index contributed by atoms with van der Waals surface area (Å²) in [6.45, 7) is 2.45. The molecule has 0 saturated carbocycles. The highest BCUT2D eigenvalue weighted by Crippen LogP contribution is 2.21. The van der Waals surface area contributed by atoms with Crippen molar-refractivity contribution in [2.75, 3.05) is 7.11 Å². The number of tetrazole rings is 1. The van der Waals surface area contributed by atoms with E-state index in [1.807, 2.05) is 31.2 Å². The first-order valence-electron chi connectivity index (χ1n) is 6.76. The van der Waals surface area contributed by atoms with Gasteiger partial charge in [0.05, 0.1) is 7.11 Å². The highest BCUT2D eigenvalue weighted by molar-refractivity contribution is 5.67. The molecule has 0 aliphatic rings. The molecule has 1 aromatic carbocycles. The summed E-state index contributed by atoms with van der Waals surface area (Å²) in [6.07, 6.45) is 0.868. The number of ether oxygens (including phenoxy) is 1. The van der Waals surface area contributed by atoms with Crippen LogP contribution in [0.5, 0.6) is 5.75 Å². The van der Waals surface area contributed by atoms with Crippen molar-refractivity contribution >= 4 is 5.97 Å². The SMILES string of the molecule is CCC(CC(=O)O)Cn1nnnc1-c1ccc(OC)cc1. The number of aliphatic carboxylic acids is 1. The summed E-state index contributed by atoms with van der Waals surface area (Å²) in [4.78, 5) is 10.8. The molecule has 0 bridgehead atoms. The van der Waals surface area contributed by atoms with Gasteiger partial charge >= 0.3 is 5.97 Å². The molecule has 0 aliphatic carbocycles. The third-order valence-corrected chi connectivity index (χ3v) is 3.35. The van der Waals surface area contributed by atoms with Crippen molar-refractivity contribution in [1.82, 2.24) is 20.2 Å². The highest BCUT2D eigenvalue weighted by Gasteiger charge is 2.16. The second-order valence-electron chi connectivity index (χ2n) is 4.79. The van der Waals surface area contributed by atoms with Gasteiger partial charge in [-0.15, -0.1) is 5.10 Å². The van der Waals surface area contributed by atoms with Crippen molar-refractivity contribution in [2.45, 2.75) is 26.3 Å². The lowest BCUT2D eigenvalue weighted by Gasteiger charge is -2.13. The van der Waals surface area contributed by atoms with Crippen molar-refractivity contribution in [3.05, 3.63) is 24.3 Å². The zero-order valence-corrected chi connectivity index (χ0v) is 12.1. The van der Waals surface area contributed by atoms with Crippen LogP contribution in [0.15, 0.2) is 24.3 Å². The van der Waals surface area contributed by atoms with E-state index >= 15 is 0 Å². The predicted molar refractivity (Wildman–Crippen MR) is 75.8 cm³/mol. The number of carboxylic acids is 1. The molecule has 7 heteroatoms. The van der Waals surface area contributed by atoms with Crippen molar-refractivity contribution in [3.63, 3.8) is 0 Å². The van der Waals surface area contributed by atoms with Crippen LogP contribution in [-0.2, 0) is 11.3 Å². The average molecular weight is 290 g/mol. The Balaban J connectivity index is 2.18. The van der Waals surface area contributed by atoms with Gasteiger partial charge in [0.1, 0.15) is 5.75 Å². The van der Waals surface area contributed by atoms with E-state index in [1.54, 1.807) is 11.8 Å². The summed E-state index contributed by atoms with van der Waals surface area (Å²) in [5.41, 5.74) is 0.867. The number of methoxy groups -OCH3 is 1. The fraction of sp³-hybridized carbons (Fsp3) is 0.429. The molecule has 0 fully saturated rings. The van der Waals surface area contributed by atoms with Gasteiger partial charge in [-0.1, -0.05) is 13.3 Å². The molecule has 1 aromatic heterocycles. The Kier molecular flexibility index (Phi) is 4.86. The third-order valence-electron chi connectivity index (χ3n) is 3.35. The van der Waals surface area contributed by atoms with Gasteiger partial charge in [0.25, 0.3) is 0 Å². The summed E-state index contributed by atoms with van der Waals surface area (Å²) in [5, 5.41) is 20.6. The van der Waals surface area contributed by atoms with E-state index in [1.165, 1.54) is 0 Å². The van der Waals surface area contributed by atoms with E-state index in [9.17, 15) is 4.79 Å². The molecule has 0 radical (unpaired) electrons. The standard InChI is InChI=1S/C14H18N4O3/c1-3-10(8-13(19)20)9-18-14(15-16-17-18)11-4-6-12(21-2)7-5-11/h4-7,10H,3,8-9H2,1-2H3,(H,19,20). The maximum absolute atomic E-state index is 10.8. The minimum Gasteiger partial charge on any atom is -0.497 e. The molecule has 1 unspecified atom stereocenters. The summed E-state index contributed by atoms with van der Waals surface area (Å²) < 4.78 is 6.77. The average Bonchev–Trinajstić information content (AvgIpc) is 2.94. The van der Waals surface area contributed by atoms with E-state index < -0.39 is 5.97 Å². The summed E-state index contributed by atoms with van der Waals surface area (Å²) in [5.74, 6) is 0.584. The Morgan fingerprint density at radius 2 is 2.10 bits per heavy atom. The zero-order chi connectivity index (χ0) is 15.2. The fourth-order valence-corrected chi connectivity index (χ4v) is 2.10. The van der Waals surface area contributed by atoms with E-state index in [4.69, 9.17) is 9.84 Å². The van der Waals surface area contributed by atoms with E-state index in [2.05, 4.69) is 15.5 Å². The minimum absolute atomic E-state index is 0.00278. The van der Waals surface area contributed by atoms with Gasteiger partial charge in [-0.25, -0.2) is 4.68 Å². The molecule has 21 heavy (non-hydrogen) atoms. The topological polar surface area (TPSA) is 90.1 Å². The molecule has 0 aliphatic heterocycles. The summed E-state index contributed by atoms with van der Waals surface area (Å²) in [7, 11) is 1.61. The zero-order valence-electron chi connectivity index (χ0n) is 12.1. The van der Waals surface area contributed by atoms with Crippen molar-refractivity contribution in [1.29, 1.82) is 0 Å². The first kappa shape index (κ1) is 15.0. The number of rotatable bonds is 7. The van der Waals surface area contributed by atoms with Gasteiger partial charge in [-0.2, -0.15) is 0 Å². The van der Waals surface area contributed by atoms with Crippen LogP contribution < -0.4 is 4.74 Å². The number of benzene rings is 1. The van der Waals surface area contributed by atoms with Gasteiger partial charge in [0.2, 0.25) is 0 Å². The molecule has 2 rings (SSSR count). The lowest BCUT2D eigenvalue weighted by atomic mass is 10.0. The maximum Gasteiger partial charge on any atom is 0.303 e. The monoisotopic (exact) mass is 290 g/mol. The van der Waals surface area contributed by atoms with Crippen molar-refractivity contribution < 1.29 is 14.6 Å². The van der Waals surface area contributed by atoms with Gasteiger partial charge in [0, 0.05) is 18.5 Å². The molecular formula is C14H18N4O3. The lowest BCUT2D eigenvalue weighted by Crippen LogP contribution is -2.16. The van der Waals surface area contributed by atoms with Crippen LogP contribution in [0.4, 0.5) is 0 Å². The van der Waals surface area contributed by atoms with Crippen LogP contribution >= 0.6 is 0 Å². The van der Waals surface area contributed by atoms with Crippen LogP contribution in [-0.4, -0.2) is 38.4 Å². The number of hydrogen-bond acceptors (Lipinski definition) is 5. The Morgan fingerprint density at radius 1 is 1.38 bits per heavy atom. The normalized spacial score (nSPS) is 12.1. The van der Waals surface area contributed by atoms with E-state index in [0.717, 1.165) is 17.7 Å². The first-order valence-corrected chi connectivity index (χ1v) is 6.76. The minimum atomic E-state index is -0.805. The maximum atomic E-state index is 10.8. The summed E-state index contributed by atoms with van der Waals surface area (Å²) in [6, 6.07) is 7.42. The van der Waals surface area contributed by atoms with Crippen molar-refractivity contribution in [2.24, 2.45) is 5.92 Å². The molecule has 1 atom stereocenters. The van der Waals surface area contributed by atoms with Crippen molar-refractivity contribution in [3.8, 4) is 17.1 Å². The third kappa shape index (κ3) is 3.77. The first-order chi connectivity index (χ1) is 10.1. The predicted octanol–water partition coefficient (Wildman–Crippen LogP) is 1.85. The van der Waals surface area contributed by atoms with Gasteiger partial charge in [0.15, 0.2) is 5.82 Å². The Hall–Kier alpha value is -2.44. The number of carboxylic acid groups (broad SMARTS) is 1. The summed E-state index contributed by atoms with van der Waals surface area (Å²) >= 11 is 0. The highest BCUT2D eigenvalue weighted by atomic mass is 16.5. The van der Waals surface area contributed by atoms with Crippen LogP contribution in [0, 0.1) is 5.92 Å². The number of carbonyl (C=O) groups is 1. The number of aromatic nitrogens is 4. The largest absolute Gasteiger partial charge is 0.497 e. The van der Waals surface area contributed by atoms with E-state index in [0.29, 0.717) is 12.4 Å². The molecule has 1 N–H and O–H groups in total. The molecule has 2 aromatic rings.